The number of aryl methyl sites for hydroxylation is 1. The van der Waals surface area contributed by atoms with Crippen molar-refractivity contribution in [2.24, 2.45) is 0 Å². The standard InChI is InChI=1S/C14H17ClFN3/c15-13-3-4-14(16)12(9-13)10-17-5-1-2-7-19-8-6-18-11-19/h3-4,6,8-9,11,17H,1-2,5,7,10H2. The molecule has 2 aromatic rings. The van der Waals surface area contributed by atoms with Gasteiger partial charge in [-0.2, -0.15) is 0 Å². The Bertz CT molecular complexity index is 499. The van der Waals surface area contributed by atoms with E-state index in [2.05, 4.69) is 14.9 Å². The Labute approximate surface area is 117 Å². The average Bonchev–Trinajstić information content (AvgIpc) is 2.90. The van der Waals surface area contributed by atoms with E-state index in [9.17, 15) is 4.39 Å². The van der Waals surface area contributed by atoms with Crippen LogP contribution in [0, 0.1) is 5.82 Å². The van der Waals surface area contributed by atoms with Crippen LogP contribution in [0.25, 0.3) is 0 Å². The van der Waals surface area contributed by atoms with Crippen LogP contribution < -0.4 is 5.32 Å². The third-order valence-electron chi connectivity index (χ3n) is 2.90. The predicted molar refractivity (Wildman–Crippen MR) is 74.6 cm³/mol. The van der Waals surface area contributed by atoms with Crippen LogP contribution >= 0.6 is 11.6 Å². The molecule has 0 spiro atoms. The second kappa shape index (κ2) is 7.26. The highest BCUT2D eigenvalue weighted by atomic mass is 35.5. The number of imidazole rings is 1. The highest BCUT2D eigenvalue weighted by Gasteiger charge is 2.02. The molecule has 5 heteroatoms. The Morgan fingerprint density at radius 3 is 3.00 bits per heavy atom. The number of nitrogens with one attached hydrogen (secondary N) is 1. The minimum absolute atomic E-state index is 0.213. The third kappa shape index (κ3) is 4.65. The number of benzene rings is 1. The van der Waals surface area contributed by atoms with Crippen LogP contribution in [-0.4, -0.2) is 16.1 Å². The molecule has 3 nitrogen and oxygen atoms in total. The third-order valence-corrected chi connectivity index (χ3v) is 3.14. The molecule has 0 unspecified atom stereocenters. The van der Waals surface area contributed by atoms with E-state index in [1.165, 1.54) is 6.07 Å². The van der Waals surface area contributed by atoms with E-state index < -0.39 is 0 Å². The summed E-state index contributed by atoms with van der Waals surface area (Å²) in [6.45, 7) is 2.34. The van der Waals surface area contributed by atoms with Crippen molar-refractivity contribution in [3.8, 4) is 0 Å². The number of rotatable bonds is 7. The zero-order valence-corrected chi connectivity index (χ0v) is 11.4. The number of unbranched alkanes of at least 4 members (excludes halogenated alkanes) is 1. The second-order valence-corrected chi connectivity index (χ2v) is 4.86. The average molecular weight is 282 g/mol. The van der Waals surface area contributed by atoms with Crippen molar-refractivity contribution < 1.29 is 4.39 Å². The summed E-state index contributed by atoms with van der Waals surface area (Å²) in [4.78, 5) is 3.99. The molecule has 0 bridgehead atoms. The zero-order valence-electron chi connectivity index (χ0n) is 10.6. The molecule has 2 rings (SSSR count). The van der Waals surface area contributed by atoms with Gasteiger partial charge in [0.05, 0.1) is 6.33 Å². The second-order valence-electron chi connectivity index (χ2n) is 4.42. The summed E-state index contributed by atoms with van der Waals surface area (Å²) in [7, 11) is 0. The van der Waals surface area contributed by atoms with E-state index in [-0.39, 0.29) is 5.82 Å². The Morgan fingerprint density at radius 2 is 2.21 bits per heavy atom. The lowest BCUT2D eigenvalue weighted by molar-refractivity contribution is 0.552. The molecule has 0 aliphatic heterocycles. The van der Waals surface area contributed by atoms with Crippen LogP contribution in [0.4, 0.5) is 4.39 Å². The maximum atomic E-state index is 13.4. The molecule has 102 valence electrons. The van der Waals surface area contributed by atoms with Gasteiger partial charge in [0.2, 0.25) is 0 Å². The van der Waals surface area contributed by atoms with Gasteiger partial charge in [0.25, 0.3) is 0 Å². The molecule has 0 aliphatic rings. The number of halogens is 2. The summed E-state index contributed by atoms with van der Waals surface area (Å²) >= 11 is 5.83. The first-order chi connectivity index (χ1) is 9.25. The molecule has 0 radical (unpaired) electrons. The first-order valence-corrected chi connectivity index (χ1v) is 6.74. The molecule has 0 aliphatic carbocycles. The maximum Gasteiger partial charge on any atom is 0.127 e. The highest BCUT2D eigenvalue weighted by Crippen LogP contribution is 2.14. The van der Waals surface area contributed by atoms with Crippen molar-refractivity contribution in [2.75, 3.05) is 6.54 Å². The first kappa shape index (κ1) is 14.0. The Morgan fingerprint density at radius 1 is 1.32 bits per heavy atom. The van der Waals surface area contributed by atoms with Crippen molar-refractivity contribution in [1.82, 2.24) is 14.9 Å². The fourth-order valence-electron chi connectivity index (χ4n) is 1.87. The minimum atomic E-state index is -0.213. The molecule has 0 amide bonds. The topological polar surface area (TPSA) is 29.9 Å². The predicted octanol–water partition coefficient (Wildman–Crippen LogP) is 3.25. The molecule has 0 saturated heterocycles. The summed E-state index contributed by atoms with van der Waals surface area (Å²) < 4.78 is 15.5. The molecule has 1 aromatic carbocycles. The summed E-state index contributed by atoms with van der Waals surface area (Å²) in [6, 6.07) is 4.62. The molecular formula is C14H17ClFN3. The van der Waals surface area contributed by atoms with Gasteiger partial charge in [-0.25, -0.2) is 9.37 Å². The highest BCUT2D eigenvalue weighted by molar-refractivity contribution is 6.30. The van der Waals surface area contributed by atoms with Crippen LogP contribution in [-0.2, 0) is 13.1 Å². The summed E-state index contributed by atoms with van der Waals surface area (Å²) in [6.07, 6.45) is 7.66. The van der Waals surface area contributed by atoms with Gasteiger partial charge in [-0.1, -0.05) is 11.6 Å². The lowest BCUT2D eigenvalue weighted by Crippen LogP contribution is -2.16. The molecule has 1 aromatic heterocycles. The van der Waals surface area contributed by atoms with Crippen molar-refractivity contribution in [3.63, 3.8) is 0 Å². The molecule has 1 heterocycles. The molecule has 0 saturated carbocycles. The first-order valence-electron chi connectivity index (χ1n) is 6.36. The largest absolute Gasteiger partial charge is 0.337 e. The van der Waals surface area contributed by atoms with E-state index in [1.807, 2.05) is 12.5 Å². The lowest BCUT2D eigenvalue weighted by Gasteiger charge is -2.07. The quantitative estimate of drug-likeness (QED) is 0.790. The van der Waals surface area contributed by atoms with Crippen LogP contribution in [0.15, 0.2) is 36.9 Å². The smallest absolute Gasteiger partial charge is 0.127 e. The number of nitrogens with zero attached hydrogens (tertiary/aromatic N) is 2. The molecular weight excluding hydrogens is 265 g/mol. The Balaban J connectivity index is 1.62. The van der Waals surface area contributed by atoms with Crippen LogP contribution in [0.5, 0.6) is 0 Å². The van der Waals surface area contributed by atoms with Crippen LogP contribution in [0.2, 0.25) is 5.02 Å². The summed E-state index contributed by atoms with van der Waals surface area (Å²) in [5.74, 6) is -0.213. The molecule has 0 atom stereocenters. The monoisotopic (exact) mass is 281 g/mol. The molecule has 1 N–H and O–H groups in total. The lowest BCUT2D eigenvalue weighted by atomic mass is 10.2. The van der Waals surface area contributed by atoms with Gasteiger partial charge < -0.3 is 9.88 Å². The fourth-order valence-corrected chi connectivity index (χ4v) is 2.06. The summed E-state index contributed by atoms with van der Waals surface area (Å²) in [5, 5.41) is 3.79. The van der Waals surface area contributed by atoms with E-state index in [0.29, 0.717) is 17.1 Å². The normalized spacial score (nSPS) is 10.8. The van der Waals surface area contributed by atoms with Crippen molar-refractivity contribution in [3.05, 3.63) is 53.3 Å². The minimum Gasteiger partial charge on any atom is -0.337 e. The van der Waals surface area contributed by atoms with Crippen molar-refractivity contribution in [1.29, 1.82) is 0 Å². The summed E-state index contributed by atoms with van der Waals surface area (Å²) in [5.41, 5.74) is 0.613. The maximum absolute atomic E-state index is 13.4. The van der Waals surface area contributed by atoms with Gasteiger partial charge in [0, 0.05) is 36.1 Å². The number of hydrogen-bond acceptors (Lipinski definition) is 2. The number of hydrogen-bond donors (Lipinski definition) is 1. The van der Waals surface area contributed by atoms with Gasteiger partial charge in [-0.05, 0) is 37.6 Å². The fraction of sp³-hybridized carbons (Fsp3) is 0.357. The van der Waals surface area contributed by atoms with E-state index in [4.69, 9.17) is 11.6 Å². The van der Waals surface area contributed by atoms with Gasteiger partial charge in [0.1, 0.15) is 5.82 Å². The van der Waals surface area contributed by atoms with Gasteiger partial charge in [-0.15, -0.1) is 0 Å². The Hall–Kier alpha value is -1.39. The van der Waals surface area contributed by atoms with E-state index >= 15 is 0 Å². The van der Waals surface area contributed by atoms with Crippen LogP contribution in [0.1, 0.15) is 18.4 Å². The van der Waals surface area contributed by atoms with Gasteiger partial charge >= 0.3 is 0 Å². The van der Waals surface area contributed by atoms with Crippen molar-refractivity contribution >= 4 is 11.6 Å². The zero-order chi connectivity index (χ0) is 13.5. The van der Waals surface area contributed by atoms with E-state index in [1.54, 1.807) is 18.3 Å². The van der Waals surface area contributed by atoms with Crippen molar-refractivity contribution in [2.45, 2.75) is 25.9 Å². The van der Waals surface area contributed by atoms with Gasteiger partial charge in [-0.3, -0.25) is 0 Å². The van der Waals surface area contributed by atoms with E-state index in [0.717, 1.165) is 25.9 Å². The molecule has 0 fully saturated rings. The SMILES string of the molecule is Fc1ccc(Cl)cc1CNCCCCn1ccnc1. The Kier molecular flexibility index (Phi) is 5.36. The van der Waals surface area contributed by atoms with Crippen LogP contribution in [0.3, 0.4) is 0 Å². The molecule has 19 heavy (non-hydrogen) atoms. The van der Waals surface area contributed by atoms with Gasteiger partial charge in [0.15, 0.2) is 0 Å². The number of aromatic nitrogens is 2.